The van der Waals surface area contributed by atoms with Crippen molar-refractivity contribution in [1.82, 2.24) is 0 Å². The third-order valence-electron chi connectivity index (χ3n) is 1.78. The van der Waals surface area contributed by atoms with Gasteiger partial charge in [-0.05, 0) is 0 Å². The van der Waals surface area contributed by atoms with Crippen LogP contribution in [0.2, 0.25) is 0 Å². The summed E-state index contributed by atoms with van der Waals surface area (Å²) in [7, 11) is 0. The summed E-state index contributed by atoms with van der Waals surface area (Å²) in [6.45, 7) is 1.89. The average Bonchev–Trinajstić information content (AvgIpc) is 2.16. The molecule has 1 rings (SSSR count). The molecule has 0 amide bonds. The average molecular weight is 291 g/mol. The Bertz CT molecular complexity index is 454. The molecule has 0 heterocycles. The van der Waals surface area contributed by atoms with Crippen LogP contribution in [0.5, 0.6) is 5.75 Å². The zero-order valence-corrected chi connectivity index (χ0v) is 10.2. The Balaban J connectivity index is 3.28. The van der Waals surface area contributed by atoms with Gasteiger partial charge in [-0.3, -0.25) is 0 Å². The fraction of sp³-hybridized carbons (Fsp3) is 0.250. The van der Waals surface area contributed by atoms with Crippen molar-refractivity contribution in [1.29, 1.82) is 0 Å². The molecule has 16 heavy (non-hydrogen) atoms. The molecule has 7 nitrogen and oxygen atoms in total. The van der Waals surface area contributed by atoms with Crippen LogP contribution < -0.4 is 9.09 Å². The Morgan fingerprint density at radius 3 is 2.56 bits per heavy atom. The standard InChI is InChI=1S/C8H10AsNO6/c1-2-16-8-4-3-6(9(11,12)13)5-7(8)10(14)15/h3-5H,2H2,1H3,(H2,11,12,13). The van der Waals surface area contributed by atoms with Crippen LogP contribution in [0, 0.1) is 10.1 Å². The number of hydrogen-bond acceptors (Lipinski definition) is 4. The molecular weight excluding hydrogens is 281 g/mol. The summed E-state index contributed by atoms with van der Waals surface area (Å²) in [5, 5.41) is 10.7. The maximum atomic E-state index is 11.0. The monoisotopic (exact) mass is 291 g/mol. The minimum atomic E-state index is -5.10. The molecule has 0 aliphatic heterocycles. The molecule has 0 spiro atoms. The van der Waals surface area contributed by atoms with Gasteiger partial charge in [0, 0.05) is 0 Å². The number of benzene rings is 1. The van der Waals surface area contributed by atoms with E-state index in [4.69, 9.17) is 12.9 Å². The van der Waals surface area contributed by atoms with Gasteiger partial charge >= 0.3 is 93.4 Å². The molecule has 0 atom stereocenters. The zero-order valence-electron chi connectivity index (χ0n) is 8.36. The Morgan fingerprint density at radius 1 is 1.50 bits per heavy atom. The molecule has 0 aromatic heterocycles. The van der Waals surface area contributed by atoms with E-state index in [1.54, 1.807) is 6.92 Å². The molecule has 0 saturated carbocycles. The first-order chi connectivity index (χ1) is 7.36. The van der Waals surface area contributed by atoms with Crippen LogP contribution >= 0.6 is 0 Å². The first-order valence-electron chi connectivity index (χ1n) is 4.33. The van der Waals surface area contributed by atoms with Crippen LogP contribution in [-0.4, -0.2) is 33.9 Å². The summed E-state index contributed by atoms with van der Waals surface area (Å²) < 4.78 is 33.5. The third kappa shape index (κ3) is 2.85. The van der Waals surface area contributed by atoms with Gasteiger partial charge in [0.1, 0.15) is 0 Å². The van der Waals surface area contributed by atoms with Crippen LogP contribution in [-0.2, 0) is 3.74 Å². The molecule has 0 aliphatic carbocycles. The molecule has 2 N–H and O–H groups in total. The summed E-state index contributed by atoms with van der Waals surface area (Å²) in [6.07, 6.45) is 0. The van der Waals surface area contributed by atoms with Crippen LogP contribution in [0.15, 0.2) is 18.2 Å². The molecule has 0 bridgehead atoms. The number of nitrogens with zero attached hydrogens (tertiary/aromatic N) is 1. The van der Waals surface area contributed by atoms with Gasteiger partial charge < -0.3 is 0 Å². The number of hydrogen-bond donors (Lipinski definition) is 2. The second-order valence-electron chi connectivity index (χ2n) is 2.89. The number of rotatable bonds is 4. The van der Waals surface area contributed by atoms with Gasteiger partial charge in [-0.1, -0.05) is 0 Å². The Kier molecular flexibility index (Phi) is 3.74. The minimum absolute atomic E-state index is 0.000185. The molecule has 1 aromatic rings. The van der Waals surface area contributed by atoms with Crippen molar-refractivity contribution in [3.05, 3.63) is 28.3 Å². The summed E-state index contributed by atoms with van der Waals surface area (Å²) in [4.78, 5) is 9.92. The van der Waals surface area contributed by atoms with Gasteiger partial charge in [0.25, 0.3) is 0 Å². The predicted molar refractivity (Wildman–Crippen MR) is 54.8 cm³/mol. The van der Waals surface area contributed by atoms with E-state index in [9.17, 15) is 13.9 Å². The van der Waals surface area contributed by atoms with Crippen LogP contribution in [0.3, 0.4) is 0 Å². The Morgan fingerprint density at radius 2 is 2.12 bits per heavy atom. The normalized spacial score (nSPS) is 11.2. The number of ether oxygens (including phenoxy) is 1. The van der Waals surface area contributed by atoms with Crippen molar-refractivity contribution < 1.29 is 21.6 Å². The summed E-state index contributed by atoms with van der Waals surface area (Å²) >= 11 is -5.10. The van der Waals surface area contributed by atoms with Crippen molar-refractivity contribution in [3.63, 3.8) is 0 Å². The van der Waals surface area contributed by atoms with Crippen LogP contribution in [0.25, 0.3) is 0 Å². The molecule has 0 radical (unpaired) electrons. The van der Waals surface area contributed by atoms with Crippen LogP contribution in [0.4, 0.5) is 5.69 Å². The third-order valence-corrected chi connectivity index (χ3v) is 3.77. The molecule has 8 heteroatoms. The first-order valence-corrected chi connectivity index (χ1v) is 7.72. The second-order valence-corrected chi connectivity index (χ2v) is 6.25. The van der Waals surface area contributed by atoms with E-state index in [2.05, 4.69) is 0 Å². The second kappa shape index (κ2) is 4.69. The van der Waals surface area contributed by atoms with Gasteiger partial charge in [0.2, 0.25) is 0 Å². The van der Waals surface area contributed by atoms with Crippen molar-refractivity contribution in [2.45, 2.75) is 6.92 Å². The van der Waals surface area contributed by atoms with Crippen molar-refractivity contribution in [2.24, 2.45) is 0 Å². The fourth-order valence-corrected chi connectivity index (χ4v) is 2.28. The van der Waals surface area contributed by atoms with Gasteiger partial charge in [-0.2, -0.15) is 0 Å². The molecule has 1 aromatic carbocycles. The van der Waals surface area contributed by atoms with Crippen molar-refractivity contribution in [2.75, 3.05) is 6.61 Å². The quantitative estimate of drug-likeness (QED) is 0.442. The number of nitro benzene ring substituents is 1. The van der Waals surface area contributed by atoms with E-state index in [0.717, 1.165) is 12.1 Å². The van der Waals surface area contributed by atoms with E-state index in [1.807, 2.05) is 0 Å². The summed E-state index contributed by atoms with van der Waals surface area (Å²) in [6, 6.07) is 3.18. The molecule has 0 fully saturated rings. The molecule has 0 saturated heterocycles. The van der Waals surface area contributed by atoms with Gasteiger partial charge in [-0.15, -0.1) is 0 Å². The van der Waals surface area contributed by atoms with E-state index >= 15 is 0 Å². The summed E-state index contributed by atoms with van der Waals surface area (Å²) in [5.74, 6) is 0.000185. The predicted octanol–water partition coefficient (Wildman–Crippen LogP) is -0.446. The topological polar surface area (TPSA) is 110 Å². The van der Waals surface area contributed by atoms with E-state index in [1.165, 1.54) is 6.07 Å². The summed E-state index contributed by atoms with van der Waals surface area (Å²) in [5.41, 5.74) is -0.441. The SMILES string of the molecule is CCOc1ccc([As](=O)(O)O)cc1[N+](=O)[O-]. The first kappa shape index (κ1) is 12.8. The number of nitro groups is 1. The molecule has 0 aliphatic rings. The molecular formula is C8H10AsNO6. The van der Waals surface area contributed by atoms with Gasteiger partial charge in [0.05, 0.1) is 0 Å². The zero-order chi connectivity index (χ0) is 12.3. The Labute approximate surface area is 93.8 Å². The van der Waals surface area contributed by atoms with E-state index in [-0.39, 0.29) is 16.7 Å². The molecule has 88 valence electrons. The van der Waals surface area contributed by atoms with E-state index < -0.39 is 24.8 Å². The Hall–Kier alpha value is -1.30. The van der Waals surface area contributed by atoms with Crippen molar-refractivity contribution in [3.8, 4) is 5.75 Å². The van der Waals surface area contributed by atoms with Gasteiger partial charge in [-0.25, -0.2) is 0 Å². The van der Waals surface area contributed by atoms with E-state index in [0.29, 0.717) is 0 Å². The van der Waals surface area contributed by atoms with Gasteiger partial charge in [0.15, 0.2) is 0 Å². The van der Waals surface area contributed by atoms with Crippen LogP contribution in [0.1, 0.15) is 6.92 Å². The fourth-order valence-electron chi connectivity index (χ4n) is 1.11. The van der Waals surface area contributed by atoms with Crippen molar-refractivity contribution >= 4 is 24.2 Å². The maximum absolute atomic E-state index is 11.0. The molecule has 0 unspecified atom stereocenters.